The maximum Gasteiger partial charge on any atom is 0.409 e. The molecular weight excluding hydrogens is 1160 g/mol. The number of halogens is 2. The normalized spacial score (nSPS) is 14.1. The number of urea groups is 2. The fraction of sp³-hybridized carbons (Fsp3) is 0.283. The lowest BCUT2D eigenvalue weighted by atomic mass is 10.0. The van der Waals surface area contributed by atoms with Gasteiger partial charge in [0.25, 0.3) is 11.8 Å². The molecule has 0 aliphatic carbocycles. The number of carbonyl (C=O) groups is 5. The van der Waals surface area contributed by atoms with Gasteiger partial charge in [-0.25, -0.2) is 24.4 Å². The van der Waals surface area contributed by atoms with Gasteiger partial charge in [0.1, 0.15) is 18.4 Å². The van der Waals surface area contributed by atoms with Crippen LogP contribution in [-0.2, 0) is 14.1 Å². The third-order valence-electron chi connectivity index (χ3n) is 11.8. The maximum atomic E-state index is 12.7. The van der Waals surface area contributed by atoms with Crippen molar-refractivity contribution < 1.29 is 46.4 Å². The summed E-state index contributed by atoms with van der Waals surface area (Å²) in [7, 11) is 6.39. The van der Waals surface area contributed by atoms with Gasteiger partial charge >= 0.3 is 18.2 Å². The Morgan fingerprint density at radius 3 is 1.56 bits per heavy atom. The number of hydrogen-bond donors (Lipinski definition) is 8. The van der Waals surface area contributed by atoms with Crippen LogP contribution < -0.4 is 57.6 Å². The molecule has 31 nitrogen and oxygen atoms in total. The van der Waals surface area contributed by atoms with Gasteiger partial charge in [-0.2, -0.15) is 26.0 Å². The lowest BCUT2D eigenvalue weighted by Gasteiger charge is -2.34. The predicted octanol–water partition coefficient (Wildman–Crippen LogP) is 4.22. The Balaban J connectivity index is 0.000000243. The molecule has 4 aromatic heterocycles. The number of rotatable bonds is 12. The zero-order valence-corrected chi connectivity index (χ0v) is 47.6. The minimum Gasteiger partial charge on any atom is -0.494 e. The number of nitrogens with two attached hydrogens (primary N) is 2. The number of hydrogen-bond acceptors (Lipinski definition) is 22. The molecule has 0 bridgehead atoms. The van der Waals surface area contributed by atoms with Crippen molar-refractivity contribution in [2.24, 2.45) is 43.3 Å². The van der Waals surface area contributed by atoms with Gasteiger partial charge < -0.3 is 62.1 Å². The molecule has 0 saturated carbocycles. The van der Waals surface area contributed by atoms with Crippen LogP contribution in [0.5, 0.6) is 17.2 Å². The minimum absolute atomic E-state index is 0. The van der Waals surface area contributed by atoms with Gasteiger partial charge in [0.05, 0.1) is 84.1 Å². The van der Waals surface area contributed by atoms with Gasteiger partial charge in [-0.1, -0.05) is 41.9 Å². The summed E-state index contributed by atoms with van der Waals surface area (Å²) in [6.45, 7) is -2.07. The van der Waals surface area contributed by atoms with E-state index in [1.807, 2.05) is 22.8 Å². The van der Waals surface area contributed by atoms with E-state index in [0.717, 1.165) is 13.1 Å². The fourth-order valence-corrected chi connectivity index (χ4v) is 7.53. The van der Waals surface area contributed by atoms with Crippen LogP contribution in [0.1, 0.15) is 29.2 Å². The average Bonchev–Trinajstić information content (AvgIpc) is 1.18. The molecule has 3 aliphatic rings. The summed E-state index contributed by atoms with van der Waals surface area (Å²) in [6.07, 6.45) is 2.30. The minimum atomic E-state index is -2.76. The third kappa shape index (κ3) is 18.0. The number of nitriles is 3. The number of carbonyl (C=O) groups excluding carboxylic acids is 5. The fourth-order valence-electron chi connectivity index (χ4n) is 7.38. The molecule has 3 fully saturated rings. The van der Waals surface area contributed by atoms with Crippen LogP contribution in [0.4, 0.5) is 43.0 Å². The van der Waals surface area contributed by atoms with Crippen molar-refractivity contribution in [3.05, 3.63) is 108 Å². The zero-order chi connectivity index (χ0) is 66.6. The lowest BCUT2D eigenvalue weighted by molar-refractivity contribution is 0.0950. The molecular formula is C53H59Cl2N23O8. The van der Waals surface area contributed by atoms with Gasteiger partial charge in [-0.3, -0.25) is 24.3 Å². The van der Waals surface area contributed by atoms with Crippen LogP contribution in [0.15, 0.2) is 91.5 Å². The highest BCUT2D eigenvalue weighted by atomic mass is 35.5. The number of likely N-dealkylation sites (tertiary alicyclic amines) is 2. The standard InChI is InChI=1S/C21H22N10O3.C16H16ClN7O2.C7H7NO2.C5H7N3O.C4H6N2.ClH/c1-23-20(32)17-15(7-16(27-28-17)26-21(33)31-9-12(8-22)10-31)25-14-6-4-5-13(18(14)34-3)19-24-11-30(2)29-19;1-18-16(25)13-11(7-12(17)21-22-13)20-10-6-4-5-9(14(10)26-3)15-19-8-24(2)23-15;8-7(9)10-6-4-2-1-3-5-6;6-1-4-2-8(3-4)5(7)9;5-1-4-2-6-3-4;/h4-7,11-12H,9-10H2,1-3H3,(H,23,32)(H2,25,26,27,33);4-8H,1-3H3,(H,18,25)(H,20,21);1-5H,(H2,8,9);4H,2-3H2,(H2,7,9);4,6H,2-3H2;1H/i2*1D3;;;;. The molecule has 0 atom stereocenters. The molecule has 7 heterocycles. The zero-order valence-electron chi connectivity index (χ0n) is 52.1. The summed E-state index contributed by atoms with van der Waals surface area (Å²) in [4.78, 5) is 69.2. The van der Waals surface area contributed by atoms with Crippen molar-refractivity contribution in [2.45, 2.75) is 0 Å². The molecule has 3 saturated heterocycles. The number of methoxy groups -OCH3 is 2. The number of aromatic nitrogens is 10. The first-order chi connectivity index (χ1) is 43.2. The van der Waals surface area contributed by atoms with E-state index in [0.29, 0.717) is 70.4 Å². The van der Waals surface area contributed by atoms with Gasteiger partial charge in [0, 0.05) is 87.7 Å². The van der Waals surface area contributed by atoms with E-state index in [1.165, 1.54) is 47.2 Å². The molecule has 86 heavy (non-hydrogen) atoms. The van der Waals surface area contributed by atoms with Crippen LogP contribution in [-0.4, -0.2) is 157 Å². The smallest absolute Gasteiger partial charge is 0.409 e. The van der Waals surface area contributed by atoms with E-state index >= 15 is 0 Å². The Bertz CT molecular complexity index is 3850. The number of amides is 7. The van der Waals surface area contributed by atoms with Gasteiger partial charge in [0.15, 0.2) is 45.5 Å². The highest BCUT2D eigenvalue weighted by Gasteiger charge is 2.31. The number of primary amides is 2. The Kier molecular flexibility index (Phi) is 21.2. The second-order valence-electron chi connectivity index (χ2n) is 17.8. The highest BCUT2D eigenvalue weighted by molar-refractivity contribution is 6.29. The van der Waals surface area contributed by atoms with Gasteiger partial charge in [-0.05, 0) is 36.4 Å². The first-order valence-electron chi connectivity index (χ1n) is 27.9. The number of ether oxygens (including phenoxy) is 3. The number of benzene rings is 3. The Hall–Kier alpha value is -10.9. The Labute approximate surface area is 511 Å². The molecule has 33 heteroatoms. The molecule has 10 rings (SSSR count). The summed E-state index contributed by atoms with van der Waals surface area (Å²) < 4.78 is 62.4. The molecule has 448 valence electrons. The Morgan fingerprint density at radius 1 is 0.663 bits per heavy atom. The highest BCUT2D eigenvalue weighted by Crippen LogP contribution is 2.38. The molecule has 0 radical (unpaired) electrons. The summed E-state index contributed by atoms with van der Waals surface area (Å²) in [5.41, 5.74) is 11.3. The number of para-hydroxylation sites is 3. The second-order valence-corrected chi connectivity index (χ2v) is 18.2. The van der Waals surface area contributed by atoms with Crippen LogP contribution in [0.25, 0.3) is 22.8 Å². The molecule has 10 N–H and O–H groups in total. The monoisotopic (exact) mass is 1220 g/mol. The molecule has 0 spiro atoms. The number of nitrogens with zero attached hydrogens (tertiary/aromatic N) is 15. The van der Waals surface area contributed by atoms with E-state index in [1.54, 1.807) is 85.8 Å². The average molecular weight is 1220 g/mol. The number of aryl methyl sites for hydroxylation is 2. The van der Waals surface area contributed by atoms with E-state index in [4.69, 9.17) is 56.6 Å². The van der Waals surface area contributed by atoms with Gasteiger partial charge in [0.2, 0.25) is 0 Å². The van der Waals surface area contributed by atoms with E-state index in [9.17, 15) is 24.0 Å². The second kappa shape index (κ2) is 32.0. The van der Waals surface area contributed by atoms with E-state index < -0.39 is 43.9 Å². The van der Waals surface area contributed by atoms with E-state index in [2.05, 4.69) is 78.7 Å². The van der Waals surface area contributed by atoms with Crippen LogP contribution in [0.3, 0.4) is 0 Å². The summed E-state index contributed by atoms with van der Waals surface area (Å²) >= 11 is 5.91. The summed E-state index contributed by atoms with van der Waals surface area (Å²) in [5.74, 6) is 0.224. The molecule has 7 amide bonds. The Morgan fingerprint density at radius 2 is 1.15 bits per heavy atom. The van der Waals surface area contributed by atoms with E-state index in [-0.39, 0.29) is 71.1 Å². The SMILES string of the molecule is Cl.N#CC1CN(C(N)=O)C1.N#CC1CNC1.NC(=O)Oc1ccccc1.[2H]C([2H])([2H])NC(=O)c1nnc(Cl)cc1Nc1cccc(-c2ncn(C)n2)c1OC.[2H]C([2H])([2H])NC(=O)c1nnc(NC(=O)N2CC(C#N)C2)cc1Nc1cccc(-c2ncn(C)n2)c1OC. The number of anilines is 5. The first-order valence-corrected chi connectivity index (χ1v) is 25.3. The predicted molar refractivity (Wildman–Crippen MR) is 314 cm³/mol. The molecule has 3 aromatic carbocycles. The first kappa shape index (κ1) is 56.9. The van der Waals surface area contributed by atoms with Crippen molar-refractivity contribution in [1.29, 1.82) is 15.8 Å². The van der Waals surface area contributed by atoms with Crippen molar-refractivity contribution in [1.82, 2.24) is 75.7 Å². The summed E-state index contributed by atoms with van der Waals surface area (Å²) in [5, 5.41) is 64.2. The van der Waals surface area contributed by atoms with Crippen LogP contribution in [0.2, 0.25) is 5.15 Å². The van der Waals surface area contributed by atoms with Crippen LogP contribution in [0, 0.1) is 51.7 Å². The van der Waals surface area contributed by atoms with Crippen molar-refractivity contribution in [3.8, 4) is 58.2 Å². The van der Waals surface area contributed by atoms with Crippen molar-refractivity contribution in [2.75, 3.05) is 83.4 Å². The third-order valence-corrected chi connectivity index (χ3v) is 11.9. The van der Waals surface area contributed by atoms with Gasteiger partial charge in [-0.15, -0.1) is 32.8 Å². The van der Waals surface area contributed by atoms with Crippen LogP contribution >= 0.6 is 24.0 Å². The molecule has 0 unspecified atom stereocenters. The number of nitrogens with one attached hydrogen (secondary N) is 6. The summed E-state index contributed by atoms with van der Waals surface area (Å²) in [6, 6.07) is 27.0. The maximum absolute atomic E-state index is 12.7. The molecule has 3 aliphatic heterocycles. The molecule has 7 aromatic rings. The topological polar surface area (TPSA) is 428 Å². The lowest BCUT2D eigenvalue weighted by Crippen LogP contribution is -2.51. The largest absolute Gasteiger partial charge is 0.494 e. The van der Waals surface area contributed by atoms with Crippen molar-refractivity contribution in [3.63, 3.8) is 0 Å². The van der Waals surface area contributed by atoms with Crippen molar-refractivity contribution >= 4 is 82.5 Å². The quantitative estimate of drug-likeness (QED) is 0.0848.